The summed E-state index contributed by atoms with van der Waals surface area (Å²) in [7, 11) is 0. The van der Waals surface area contributed by atoms with E-state index in [2.05, 4.69) is 38.5 Å². The monoisotopic (exact) mass is 315 g/mol. The molecule has 1 aliphatic rings. The molecule has 0 amide bonds. The minimum Gasteiger partial charge on any atom is -0.376 e. The van der Waals surface area contributed by atoms with Gasteiger partial charge in [-0.3, -0.25) is 9.55 Å². The summed E-state index contributed by atoms with van der Waals surface area (Å²) in [5, 5.41) is 8.90. The Morgan fingerprint density at radius 1 is 1.30 bits per heavy atom. The molecule has 1 atom stereocenters. The number of hydrogen-bond donors (Lipinski definition) is 0. The number of ether oxygens (including phenoxy) is 1. The predicted molar refractivity (Wildman–Crippen MR) is 90.4 cm³/mol. The normalized spacial score (nSPS) is 17.6. The molecule has 0 bridgehead atoms. The Morgan fingerprint density at radius 3 is 2.87 bits per heavy atom. The van der Waals surface area contributed by atoms with Crippen LogP contribution in [0.1, 0.15) is 33.1 Å². The molecule has 3 rings (SSSR count). The Balaban J connectivity index is 1.96. The second-order valence-electron chi connectivity index (χ2n) is 5.86. The highest BCUT2D eigenvalue weighted by atomic mass is 16.5. The molecule has 124 valence electrons. The average molecular weight is 315 g/mol. The Hall–Kier alpha value is -1.95. The fourth-order valence-electron chi connectivity index (χ4n) is 3.04. The van der Waals surface area contributed by atoms with E-state index in [1.54, 1.807) is 6.20 Å². The molecule has 0 saturated carbocycles. The van der Waals surface area contributed by atoms with Crippen LogP contribution in [0.25, 0.3) is 11.5 Å². The van der Waals surface area contributed by atoms with Crippen LogP contribution in [0, 0.1) is 0 Å². The topological polar surface area (TPSA) is 56.1 Å². The first-order valence-corrected chi connectivity index (χ1v) is 8.54. The third-order valence-electron chi connectivity index (χ3n) is 4.19. The largest absolute Gasteiger partial charge is 0.376 e. The van der Waals surface area contributed by atoms with E-state index in [4.69, 9.17) is 4.74 Å². The lowest BCUT2D eigenvalue weighted by atomic mass is 10.2. The number of rotatable bonds is 7. The highest BCUT2D eigenvalue weighted by molar-refractivity contribution is 5.52. The number of hydrogen-bond acceptors (Lipinski definition) is 5. The minimum absolute atomic E-state index is 0.243. The molecule has 1 fully saturated rings. The molecule has 0 aromatic carbocycles. The zero-order chi connectivity index (χ0) is 16.1. The van der Waals surface area contributed by atoms with Gasteiger partial charge in [0, 0.05) is 25.9 Å². The number of anilines is 1. The molecule has 0 radical (unpaired) electrons. The van der Waals surface area contributed by atoms with Crippen molar-refractivity contribution in [1.82, 2.24) is 19.7 Å². The molecule has 1 unspecified atom stereocenters. The number of aromatic nitrogens is 4. The minimum atomic E-state index is 0.243. The third-order valence-corrected chi connectivity index (χ3v) is 4.19. The first kappa shape index (κ1) is 15.9. The van der Waals surface area contributed by atoms with Gasteiger partial charge < -0.3 is 9.64 Å². The van der Waals surface area contributed by atoms with Gasteiger partial charge in [-0.05, 0) is 38.3 Å². The van der Waals surface area contributed by atoms with Crippen LogP contribution in [0.5, 0.6) is 0 Å². The van der Waals surface area contributed by atoms with Gasteiger partial charge in [0.2, 0.25) is 5.95 Å². The highest BCUT2D eigenvalue weighted by Gasteiger charge is 2.23. The highest BCUT2D eigenvalue weighted by Crippen LogP contribution is 2.24. The van der Waals surface area contributed by atoms with E-state index < -0.39 is 0 Å². The van der Waals surface area contributed by atoms with Crippen molar-refractivity contribution < 1.29 is 4.74 Å². The maximum absolute atomic E-state index is 5.83. The summed E-state index contributed by atoms with van der Waals surface area (Å²) in [4.78, 5) is 6.72. The van der Waals surface area contributed by atoms with Crippen molar-refractivity contribution in [3.05, 3.63) is 24.4 Å². The number of nitrogens with zero attached hydrogens (tertiary/aromatic N) is 5. The number of pyridine rings is 1. The quantitative estimate of drug-likeness (QED) is 0.786. The summed E-state index contributed by atoms with van der Waals surface area (Å²) in [6, 6.07) is 5.88. The first-order chi connectivity index (χ1) is 11.3. The van der Waals surface area contributed by atoms with Crippen LogP contribution >= 0.6 is 0 Å². The lowest BCUT2D eigenvalue weighted by Gasteiger charge is -2.23. The third kappa shape index (κ3) is 3.52. The van der Waals surface area contributed by atoms with Gasteiger partial charge in [0.05, 0.1) is 12.6 Å². The van der Waals surface area contributed by atoms with Crippen LogP contribution in [0.4, 0.5) is 5.95 Å². The van der Waals surface area contributed by atoms with Crippen LogP contribution in [-0.4, -0.2) is 45.5 Å². The zero-order valence-electron chi connectivity index (χ0n) is 14.0. The van der Waals surface area contributed by atoms with Crippen molar-refractivity contribution in [2.45, 2.75) is 45.8 Å². The van der Waals surface area contributed by atoms with Gasteiger partial charge in [-0.15, -0.1) is 10.2 Å². The maximum atomic E-state index is 5.83. The molecule has 6 nitrogen and oxygen atoms in total. The predicted octanol–water partition coefficient (Wildman–Crippen LogP) is 2.76. The molecule has 1 saturated heterocycles. The molecule has 0 spiro atoms. The molecular weight excluding hydrogens is 290 g/mol. The fraction of sp³-hybridized carbons (Fsp3) is 0.588. The SMILES string of the molecule is CCCN(CC)c1nnc(-c2ccccn2)n1CC1CCCO1. The van der Waals surface area contributed by atoms with E-state index in [0.717, 1.165) is 63.0 Å². The lowest BCUT2D eigenvalue weighted by Crippen LogP contribution is -2.28. The van der Waals surface area contributed by atoms with Crippen LogP contribution in [0.15, 0.2) is 24.4 Å². The second kappa shape index (κ2) is 7.55. The summed E-state index contributed by atoms with van der Waals surface area (Å²) in [6.45, 7) is 7.87. The Morgan fingerprint density at radius 2 is 2.22 bits per heavy atom. The maximum Gasteiger partial charge on any atom is 0.227 e. The molecule has 23 heavy (non-hydrogen) atoms. The van der Waals surface area contributed by atoms with Crippen molar-refractivity contribution in [3.8, 4) is 11.5 Å². The second-order valence-corrected chi connectivity index (χ2v) is 5.86. The van der Waals surface area contributed by atoms with Crippen LogP contribution in [0.3, 0.4) is 0 Å². The van der Waals surface area contributed by atoms with Gasteiger partial charge in [-0.25, -0.2) is 0 Å². The molecule has 0 aliphatic carbocycles. The molecule has 1 aliphatic heterocycles. The van der Waals surface area contributed by atoms with Gasteiger partial charge in [0.1, 0.15) is 5.69 Å². The van der Waals surface area contributed by atoms with Gasteiger partial charge in [0.15, 0.2) is 5.82 Å². The van der Waals surface area contributed by atoms with E-state index in [0.29, 0.717) is 0 Å². The summed E-state index contributed by atoms with van der Waals surface area (Å²) >= 11 is 0. The fourth-order valence-corrected chi connectivity index (χ4v) is 3.04. The molecular formula is C17H25N5O. The summed E-state index contributed by atoms with van der Waals surface area (Å²) in [6.07, 6.45) is 5.35. The standard InChI is InChI=1S/C17H25N5O/c1-3-11-21(4-2)17-20-19-16(15-9-5-6-10-18-15)22(17)13-14-8-7-12-23-14/h5-6,9-10,14H,3-4,7-8,11-13H2,1-2H3. The summed E-state index contributed by atoms with van der Waals surface area (Å²) in [5.74, 6) is 1.75. The summed E-state index contributed by atoms with van der Waals surface area (Å²) < 4.78 is 8.01. The van der Waals surface area contributed by atoms with Crippen molar-refractivity contribution in [2.75, 3.05) is 24.6 Å². The molecule has 2 aromatic heterocycles. The Labute approximate surface area is 137 Å². The van der Waals surface area contributed by atoms with Crippen molar-refractivity contribution >= 4 is 5.95 Å². The van der Waals surface area contributed by atoms with Crippen LogP contribution < -0.4 is 4.90 Å². The van der Waals surface area contributed by atoms with Gasteiger partial charge in [-0.2, -0.15) is 0 Å². The van der Waals surface area contributed by atoms with E-state index >= 15 is 0 Å². The van der Waals surface area contributed by atoms with Gasteiger partial charge in [-0.1, -0.05) is 13.0 Å². The van der Waals surface area contributed by atoms with E-state index in [1.807, 2.05) is 18.2 Å². The van der Waals surface area contributed by atoms with Crippen molar-refractivity contribution in [3.63, 3.8) is 0 Å². The molecule has 0 N–H and O–H groups in total. The van der Waals surface area contributed by atoms with E-state index in [9.17, 15) is 0 Å². The van der Waals surface area contributed by atoms with Crippen LogP contribution in [0.2, 0.25) is 0 Å². The van der Waals surface area contributed by atoms with Crippen molar-refractivity contribution in [2.24, 2.45) is 0 Å². The lowest BCUT2D eigenvalue weighted by molar-refractivity contribution is 0.0975. The smallest absolute Gasteiger partial charge is 0.227 e. The molecule has 3 heterocycles. The average Bonchev–Trinajstić information content (AvgIpc) is 3.24. The van der Waals surface area contributed by atoms with E-state index in [1.165, 1.54) is 0 Å². The Kier molecular flexibility index (Phi) is 5.23. The first-order valence-electron chi connectivity index (χ1n) is 8.54. The van der Waals surface area contributed by atoms with Crippen LogP contribution in [-0.2, 0) is 11.3 Å². The summed E-state index contributed by atoms with van der Waals surface area (Å²) in [5.41, 5.74) is 0.858. The van der Waals surface area contributed by atoms with Gasteiger partial charge >= 0.3 is 0 Å². The van der Waals surface area contributed by atoms with Gasteiger partial charge in [0.25, 0.3) is 0 Å². The van der Waals surface area contributed by atoms with E-state index in [-0.39, 0.29) is 6.10 Å². The molecule has 2 aromatic rings. The zero-order valence-corrected chi connectivity index (χ0v) is 14.0. The van der Waals surface area contributed by atoms with Crippen molar-refractivity contribution in [1.29, 1.82) is 0 Å². The molecule has 6 heteroatoms. The Bertz CT molecular complexity index is 607.